The summed E-state index contributed by atoms with van der Waals surface area (Å²) in [7, 11) is 0. The van der Waals surface area contributed by atoms with Crippen LogP contribution < -0.4 is 5.69 Å². The Labute approximate surface area is 105 Å². The minimum absolute atomic E-state index is 0.251. The number of nitrogens with zero attached hydrogens (tertiary/aromatic N) is 1. The Bertz CT molecular complexity index is 505. The van der Waals surface area contributed by atoms with Gasteiger partial charge in [0, 0.05) is 10.2 Å². The second kappa shape index (κ2) is 5.36. The zero-order valence-corrected chi connectivity index (χ0v) is 10.8. The van der Waals surface area contributed by atoms with Gasteiger partial charge >= 0.3 is 5.69 Å². The van der Waals surface area contributed by atoms with Gasteiger partial charge in [0.1, 0.15) is 5.82 Å². The molecule has 2 N–H and O–H groups in total. The van der Waals surface area contributed by atoms with Crippen LogP contribution in [0, 0.1) is 0 Å². The number of aromatic nitrogens is 3. The van der Waals surface area contributed by atoms with E-state index < -0.39 is 0 Å². The summed E-state index contributed by atoms with van der Waals surface area (Å²) in [5.41, 5.74) is 1.00. The van der Waals surface area contributed by atoms with Gasteiger partial charge in [0.2, 0.25) is 0 Å². The number of hydrogen-bond donors (Lipinski definition) is 2. The summed E-state index contributed by atoms with van der Waals surface area (Å²) in [6.45, 7) is 0. The first-order chi connectivity index (χ1) is 7.74. The topological polar surface area (TPSA) is 61.5 Å². The monoisotopic (exact) mass is 299 g/mol. The fourth-order valence-corrected chi connectivity index (χ4v) is 2.34. The third-order valence-electron chi connectivity index (χ3n) is 1.97. The second-order valence-corrected chi connectivity index (χ2v) is 5.14. The van der Waals surface area contributed by atoms with Gasteiger partial charge in [-0.25, -0.2) is 9.89 Å². The highest BCUT2D eigenvalue weighted by Crippen LogP contribution is 2.17. The number of halogens is 1. The average molecular weight is 300 g/mol. The predicted molar refractivity (Wildman–Crippen MR) is 68.3 cm³/mol. The summed E-state index contributed by atoms with van der Waals surface area (Å²) in [5.74, 6) is 2.30. The number of hydrogen-bond acceptors (Lipinski definition) is 3. The number of aromatic amines is 2. The van der Waals surface area contributed by atoms with E-state index in [1.54, 1.807) is 11.8 Å². The Morgan fingerprint density at radius 1 is 1.25 bits per heavy atom. The minimum Gasteiger partial charge on any atom is -0.292 e. The van der Waals surface area contributed by atoms with Gasteiger partial charge < -0.3 is 0 Å². The lowest BCUT2D eigenvalue weighted by atomic mass is 10.2. The van der Waals surface area contributed by atoms with Gasteiger partial charge in [-0.1, -0.05) is 28.1 Å². The van der Waals surface area contributed by atoms with Crippen molar-refractivity contribution in [2.45, 2.75) is 11.5 Å². The van der Waals surface area contributed by atoms with E-state index in [0.29, 0.717) is 11.6 Å². The molecule has 0 aliphatic heterocycles. The van der Waals surface area contributed by atoms with Crippen LogP contribution >= 0.6 is 27.7 Å². The van der Waals surface area contributed by atoms with Crippen LogP contribution in [0.2, 0.25) is 0 Å². The van der Waals surface area contributed by atoms with Crippen LogP contribution in [0.5, 0.6) is 0 Å². The number of H-pyrrole nitrogens is 2. The fourth-order valence-electron chi connectivity index (χ4n) is 1.22. The Balaban J connectivity index is 1.84. The molecule has 0 saturated heterocycles. The standard InChI is InChI=1S/C10H10BrN3OS/c11-8-3-1-7(2-4-8)5-16-6-9-12-10(15)14-13-9/h1-4H,5-6H2,(H2,12,13,14,15). The molecule has 0 amide bonds. The lowest BCUT2D eigenvalue weighted by molar-refractivity contribution is 1.01. The average Bonchev–Trinajstić information content (AvgIpc) is 2.67. The van der Waals surface area contributed by atoms with Gasteiger partial charge in [0.25, 0.3) is 0 Å². The first kappa shape index (κ1) is 11.5. The molecule has 0 saturated carbocycles. The normalized spacial score (nSPS) is 10.6. The Morgan fingerprint density at radius 2 is 2.00 bits per heavy atom. The largest absolute Gasteiger partial charge is 0.340 e. The van der Waals surface area contributed by atoms with Crippen molar-refractivity contribution in [1.82, 2.24) is 15.2 Å². The Hall–Kier alpha value is -1.01. The van der Waals surface area contributed by atoms with Crippen molar-refractivity contribution in [3.05, 3.63) is 50.6 Å². The van der Waals surface area contributed by atoms with Crippen LogP contribution in [0.25, 0.3) is 0 Å². The molecular weight excluding hydrogens is 290 g/mol. The Morgan fingerprint density at radius 3 is 2.62 bits per heavy atom. The lowest BCUT2D eigenvalue weighted by Crippen LogP contribution is -2.00. The van der Waals surface area contributed by atoms with Gasteiger partial charge in [0.15, 0.2) is 0 Å². The smallest absolute Gasteiger partial charge is 0.292 e. The van der Waals surface area contributed by atoms with Crippen LogP contribution in [0.15, 0.2) is 33.5 Å². The molecule has 0 atom stereocenters. The highest BCUT2D eigenvalue weighted by molar-refractivity contribution is 9.10. The van der Waals surface area contributed by atoms with Gasteiger partial charge in [-0.2, -0.15) is 5.10 Å². The van der Waals surface area contributed by atoms with Crippen molar-refractivity contribution in [3.8, 4) is 0 Å². The summed E-state index contributed by atoms with van der Waals surface area (Å²) in [5, 5.41) is 6.18. The highest BCUT2D eigenvalue weighted by atomic mass is 79.9. The van der Waals surface area contributed by atoms with E-state index in [2.05, 4.69) is 43.2 Å². The molecule has 6 heteroatoms. The van der Waals surface area contributed by atoms with Crippen LogP contribution in [0.4, 0.5) is 0 Å². The molecule has 1 heterocycles. The summed E-state index contributed by atoms with van der Waals surface area (Å²) < 4.78 is 1.08. The number of thioether (sulfide) groups is 1. The van der Waals surface area contributed by atoms with Gasteiger partial charge in [0.05, 0.1) is 5.75 Å². The van der Waals surface area contributed by atoms with Gasteiger partial charge in [-0.15, -0.1) is 11.8 Å². The molecule has 84 valence electrons. The lowest BCUT2D eigenvalue weighted by Gasteiger charge is -1.99. The molecule has 2 rings (SSSR count). The number of nitrogens with one attached hydrogen (secondary N) is 2. The molecule has 4 nitrogen and oxygen atoms in total. The summed E-state index contributed by atoms with van der Waals surface area (Å²) in [6, 6.07) is 8.19. The van der Waals surface area contributed by atoms with Gasteiger partial charge in [-0.05, 0) is 17.7 Å². The van der Waals surface area contributed by atoms with E-state index in [1.807, 2.05) is 12.1 Å². The molecule has 0 fully saturated rings. The van der Waals surface area contributed by atoms with Crippen molar-refractivity contribution in [3.63, 3.8) is 0 Å². The maximum absolute atomic E-state index is 10.8. The highest BCUT2D eigenvalue weighted by Gasteiger charge is 1.99. The summed E-state index contributed by atoms with van der Waals surface area (Å²) in [4.78, 5) is 13.4. The van der Waals surface area contributed by atoms with E-state index in [4.69, 9.17) is 0 Å². The summed E-state index contributed by atoms with van der Waals surface area (Å²) in [6.07, 6.45) is 0. The number of rotatable bonds is 4. The maximum atomic E-state index is 10.8. The molecule has 0 unspecified atom stereocenters. The SMILES string of the molecule is O=c1[nH]nc(CSCc2ccc(Br)cc2)[nH]1. The van der Waals surface area contributed by atoms with Crippen molar-refractivity contribution in [2.75, 3.05) is 0 Å². The molecule has 0 spiro atoms. The van der Waals surface area contributed by atoms with Crippen LogP contribution in [-0.2, 0) is 11.5 Å². The minimum atomic E-state index is -0.251. The van der Waals surface area contributed by atoms with Gasteiger partial charge in [-0.3, -0.25) is 4.98 Å². The zero-order chi connectivity index (χ0) is 11.4. The van der Waals surface area contributed by atoms with Crippen LogP contribution in [-0.4, -0.2) is 15.2 Å². The van der Waals surface area contributed by atoms with E-state index in [9.17, 15) is 4.79 Å². The first-order valence-electron chi connectivity index (χ1n) is 4.70. The van der Waals surface area contributed by atoms with E-state index in [1.165, 1.54) is 5.56 Å². The van der Waals surface area contributed by atoms with Crippen LogP contribution in [0.3, 0.4) is 0 Å². The van der Waals surface area contributed by atoms with Crippen molar-refractivity contribution >= 4 is 27.7 Å². The van der Waals surface area contributed by atoms with Crippen molar-refractivity contribution in [2.24, 2.45) is 0 Å². The quantitative estimate of drug-likeness (QED) is 0.910. The second-order valence-electron chi connectivity index (χ2n) is 3.24. The predicted octanol–water partition coefficient (Wildman–Crippen LogP) is 2.29. The van der Waals surface area contributed by atoms with Crippen LogP contribution in [0.1, 0.15) is 11.4 Å². The molecule has 1 aromatic carbocycles. The van der Waals surface area contributed by atoms with E-state index >= 15 is 0 Å². The third kappa shape index (κ3) is 3.24. The third-order valence-corrected chi connectivity index (χ3v) is 3.51. The molecule has 0 bridgehead atoms. The molecule has 1 aromatic heterocycles. The fraction of sp³-hybridized carbons (Fsp3) is 0.200. The van der Waals surface area contributed by atoms with E-state index in [0.717, 1.165) is 10.2 Å². The number of benzene rings is 1. The summed E-state index contributed by atoms with van der Waals surface area (Å²) >= 11 is 5.10. The van der Waals surface area contributed by atoms with Crippen molar-refractivity contribution < 1.29 is 0 Å². The molecule has 0 aliphatic rings. The molecule has 0 radical (unpaired) electrons. The van der Waals surface area contributed by atoms with Crippen molar-refractivity contribution in [1.29, 1.82) is 0 Å². The molecule has 2 aromatic rings. The zero-order valence-electron chi connectivity index (χ0n) is 8.37. The molecule has 0 aliphatic carbocycles. The maximum Gasteiger partial charge on any atom is 0.340 e. The molecule has 16 heavy (non-hydrogen) atoms. The van der Waals surface area contributed by atoms with E-state index in [-0.39, 0.29) is 5.69 Å². The molecular formula is C10H10BrN3OS. The first-order valence-corrected chi connectivity index (χ1v) is 6.64. The Kier molecular flexibility index (Phi) is 3.84.